The first-order valence-electron chi connectivity index (χ1n) is 6.92. The van der Waals surface area contributed by atoms with Crippen LogP contribution in [0.25, 0.3) is 0 Å². The fourth-order valence-corrected chi connectivity index (χ4v) is 3.02. The van der Waals surface area contributed by atoms with Gasteiger partial charge >= 0.3 is 16.4 Å². The van der Waals surface area contributed by atoms with Crippen molar-refractivity contribution in [2.75, 3.05) is 6.54 Å². The SMILES string of the molecule is CC(C)C(=O)N(N)C(=O)C1CCC2CN1C(=O)N2OS(=O)(=O)O. The summed E-state index contributed by atoms with van der Waals surface area (Å²) in [6.07, 6.45) is 0.456. The van der Waals surface area contributed by atoms with Crippen LogP contribution in [0.3, 0.4) is 0 Å². The molecule has 0 aromatic rings. The van der Waals surface area contributed by atoms with E-state index in [0.717, 1.165) is 4.90 Å². The summed E-state index contributed by atoms with van der Waals surface area (Å²) in [7, 11) is -4.85. The van der Waals surface area contributed by atoms with Crippen LogP contribution in [-0.4, -0.2) is 64.4 Å². The van der Waals surface area contributed by atoms with E-state index >= 15 is 0 Å². The second kappa shape index (κ2) is 6.03. The van der Waals surface area contributed by atoms with Crippen LogP contribution in [0, 0.1) is 5.92 Å². The van der Waals surface area contributed by atoms with Crippen LogP contribution in [0.1, 0.15) is 26.7 Å². The van der Waals surface area contributed by atoms with Gasteiger partial charge in [0, 0.05) is 12.5 Å². The van der Waals surface area contributed by atoms with Crippen LogP contribution >= 0.6 is 0 Å². The molecule has 0 aromatic carbocycles. The summed E-state index contributed by atoms with van der Waals surface area (Å²) in [6, 6.07) is -2.48. The maximum Gasteiger partial charge on any atom is 0.418 e. The number of amides is 4. The van der Waals surface area contributed by atoms with Gasteiger partial charge in [-0.1, -0.05) is 13.8 Å². The van der Waals surface area contributed by atoms with Crippen molar-refractivity contribution in [3.63, 3.8) is 0 Å². The molecule has 2 unspecified atom stereocenters. The molecule has 0 radical (unpaired) electrons. The fourth-order valence-electron chi connectivity index (χ4n) is 2.64. The number of imide groups is 1. The molecule has 2 heterocycles. The van der Waals surface area contributed by atoms with Crippen molar-refractivity contribution in [2.24, 2.45) is 11.8 Å². The van der Waals surface area contributed by atoms with E-state index in [1.165, 1.54) is 0 Å². The third-order valence-electron chi connectivity index (χ3n) is 3.75. The van der Waals surface area contributed by atoms with Crippen molar-refractivity contribution < 1.29 is 31.6 Å². The number of carbonyl (C=O) groups is 3. The zero-order valence-corrected chi connectivity index (χ0v) is 13.4. The van der Waals surface area contributed by atoms with Gasteiger partial charge in [-0.2, -0.15) is 13.5 Å². The molecule has 23 heavy (non-hydrogen) atoms. The van der Waals surface area contributed by atoms with Crippen molar-refractivity contribution in [3.8, 4) is 0 Å². The number of hydrogen-bond acceptors (Lipinski definition) is 7. The Morgan fingerprint density at radius 1 is 1.39 bits per heavy atom. The van der Waals surface area contributed by atoms with Gasteiger partial charge in [-0.15, -0.1) is 4.28 Å². The van der Waals surface area contributed by atoms with Crippen molar-refractivity contribution in [1.29, 1.82) is 0 Å². The van der Waals surface area contributed by atoms with Gasteiger partial charge in [-0.05, 0) is 12.8 Å². The molecule has 2 aliphatic rings. The fraction of sp³-hybridized carbons (Fsp3) is 0.727. The lowest BCUT2D eigenvalue weighted by Gasteiger charge is -2.31. The van der Waals surface area contributed by atoms with Crippen molar-refractivity contribution >= 4 is 28.2 Å². The van der Waals surface area contributed by atoms with Gasteiger partial charge in [0.25, 0.3) is 5.91 Å². The molecular formula is C11H18N4O7S. The van der Waals surface area contributed by atoms with E-state index < -0.39 is 46.2 Å². The Balaban J connectivity index is 2.15. The first-order valence-corrected chi connectivity index (χ1v) is 8.28. The average Bonchev–Trinajstić information content (AvgIpc) is 2.69. The van der Waals surface area contributed by atoms with Crippen molar-refractivity contribution in [3.05, 3.63) is 0 Å². The van der Waals surface area contributed by atoms with Crippen LogP contribution in [0.5, 0.6) is 0 Å². The number of piperidine rings is 1. The van der Waals surface area contributed by atoms with E-state index in [4.69, 9.17) is 10.4 Å². The average molecular weight is 350 g/mol. The van der Waals surface area contributed by atoms with E-state index in [2.05, 4.69) is 4.28 Å². The molecule has 0 aromatic heterocycles. The highest BCUT2D eigenvalue weighted by Crippen LogP contribution is 2.31. The van der Waals surface area contributed by atoms with Gasteiger partial charge in [0.1, 0.15) is 6.04 Å². The van der Waals surface area contributed by atoms with E-state index in [0.29, 0.717) is 10.1 Å². The molecule has 2 atom stereocenters. The molecule has 2 aliphatic heterocycles. The minimum atomic E-state index is -4.85. The first kappa shape index (κ1) is 17.6. The molecule has 0 saturated carbocycles. The summed E-state index contributed by atoms with van der Waals surface area (Å²) in [4.78, 5) is 37.4. The second-order valence-electron chi connectivity index (χ2n) is 5.71. The highest BCUT2D eigenvalue weighted by Gasteiger charge is 2.50. The number of hydrogen-bond donors (Lipinski definition) is 2. The minimum absolute atomic E-state index is 0.0362. The third-order valence-corrected chi connectivity index (χ3v) is 4.10. The molecular weight excluding hydrogens is 332 g/mol. The summed E-state index contributed by atoms with van der Waals surface area (Å²) < 4.78 is 34.5. The highest BCUT2D eigenvalue weighted by atomic mass is 32.3. The van der Waals surface area contributed by atoms with E-state index in [1.807, 2.05) is 0 Å². The Labute approximate surface area is 132 Å². The van der Waals surface area contributed by atoms with Crippen molar-refractivity contribution in [2.45, 2.75) is 38.8 Å². The summed E-state index contributed by atoms with van der Waals surface area (Å²) in [5, 5.41) is 1.00. The van der Waals surface area contributed by atoms with Crippen LogP contribution in [0.15, 0.2) is 0 Å². The Morgan fingerprint density at radius 2 is 2.00 bits per heavy atom. The number of nitrogens with two attached hydrogens (primary N) is 1. The lowest BCUT2D eigenvalue weighted by atomic mass is 10.00. The van der Waals surface area contributed by atoms with E-state index in [-0.39, 0.29) is 19.4 Å². The monoisotopic (exact) mass is 350 g/mol. The zero-order valence-electron chi connectivity index (χ0n) is 12.6. The molecule has 3 N–H and O–H groups in total. The first-order chi connectivity index (χ1) is 10.5. The molecule has 0 spiro atoms. The van der Waals surface area contributed by atoms with Gasteiger partial charge in [0.05, 0.1) is 6.04 Å². The number of hydrazine groups is 1. The quantitative estimate of drug-likeness (QED) is 0.280. The molecule has 2 saturated heterocycles. The molecule has 2 bridgehead atoms. The molecule has 12 heteroatoms. The number of fused-ring (bicyclic) bond motifs is 2. The molecule has 4 amide bonds. The Hall–Kier alpha value is -1.76. The maximum atomic E-state index is 12.3. The van der Waals surface area contributed by atoms with Gasteiger partial charge in [0.2, 0.25) is 5.91 Å². The lowest BCUT2D eigenvalue weighted by molar-refractivity contribution is -0.150. The van der Waals surface area contributed by atoms with E-state index in [9.17, 15) is 22.8 Å². The van der Waals surface area contributed by atoms with Gasteiger partial charge in [-0.25, -0.2) is 15.6 Å². The van der Waals surface area contributed by atoms with Crippen molar-refractivity contribution in [1.82, 2.24) is 15.0 Å². The van der Waals surface area contributed by atoms with Gasteiger partial charge in [0.15, 0.2) is 0 Å². The van der Waals surface area contributed by atoms with Crippen LogP contribution in [0.2, 0.25) is 0 Å². The van der Waals surface area contributed by atoms with Crippen LogP contribution in [-0.2, 0) is 24.3 Å². The molecule has 130 valence electrons. The predicted molar refractivity (Wildman–Crippen MR) is 74.3 cm³/mol. The summed E-state index contributed by atoms with van der Waals surface area (Å²) >= 11 is 0. The lowest BCUT2D eigenvalue weighted by Crippen LogP contribution is -2.56. The molecule has 2 rings (SSSR count). The normalized spacial score (nSPS) is 24.3. The number of urea groups is 1. The van der Waals surface area contributed by atoms with Gasteiger partial charge < -0.3 is 4.90 Å². The van der Waals surface area contributed by atoms with Crippen LogP contribution < -0.4 is 5.84 Å². The highest BCUT2D eigenvalue weighted by molar-refractivity contribution is 7.80. The summed E-state index contributed by atoms with van der Waals surface area (Å²) in [5.74, 6) is 3.69. The topological polar surface area (TPSA) is 151 Å². The van der Waals surface area contributed by atoms with E-state index in [1.54, 1.807) is 13.8 Å². The summed E-state index contributed by atoms with van der Waals surface area (Å²) in [6.45, 7) is 3.19. The third kappa shape index (κ3) is 3.44. The Bertz CT molecular complexity index is 634. The Kier molecular flexibility index (Phi) is 4.61. The zero-order chi connectivity index (χ0) is 17.5. The maximum absolute atomic E-state index is 12.3. The predicted octanol–water partition coefficient (Wildman–Crippen LogP) is -1.13. The standard InChI is InChI=1S/C11H18N4O7S/c1-6(2)9(16)14(12)10(17)8-4-3-7-5-13(8)11(18)15(7)22-23(19,20)21/h6-8H,3-5,12H2,1-2H3,(H,19,20,21). The number of carbonyl (C=O) groups excluding carboxylic acids is 3. The Morgan fingerprint density at radius 3 is 2.52 bits per heavy atom. The number of hydroxylamine groups is 2. The smallest absolute Gasteiger partial charge is 0.309 e. The summed E-state index contributed by atoms with van der Waals surface area (Å²) in [5.41, 5.74) is 0. The molecule has 11 nitrogen and oxygen atoms in total. The number of rotatable bonds is 4. The van der Waals surface area contributed by atoms with Crippen LogP contribution in [0.4, 0.5) is 4.79 Å². The molecule has 2 fully saturated rings. The minimum Gasteiger partial charge on any atom is -0.309 e. The number of nitrogens with zero attached hydrogens (tertiary/aromatic N) is 3. The second-order valence-corrected chi connectivity index (χ2v) is 6.72. The van der Waals surface area contributed by atoms with Gasteiger partial charge in [-0.3, -0.25) is 14.1 Å². The largest absolute Gasteiger partial charge is 0.418 e. The molecule has 0 aliphatic carbocycles.